The van der Waals surface area contributed by atoms with Gasteiger partial charge in [-0.1, -0.05) is 43.3 Å². The molecule has 2 fully saturated rings. The molecule has 0 heterocycles. The van der Waals surface area contributed by atoms with Gasteiger partial charge in [-0.2, -0.15) is 0 Å². The molecule has 3 aliphatic carbocycles. The third-order valence-corrected chi connectivity index (χ3v) is 9.01. The number of carbonyl (C=O) groups excluding carboxylic acids is 1. The molecule has 0 saturated heterocycles. The highest BCUT2D eigenvalue weighted by Crippen LogP contribution is 2.68. The number of methoxy groups -OCH3 is 1. The van der Waals surface area contributed by atoms with Crippen LogP contribution in [0.1, 0.15) is 68.1 Å². The fourth-order valence-electron chi connectivity index (χ4n) is 7.31. The largest absolute Gasteiger partial charge is 0.489 e. The number of rotatable bonds is 6. The van der Waals surface area contributed by atoms with Gasteiger partial charge in [-0.3, -0.25) is 4.79 Å². The van der Waals surface area contributed by atoms with E-state index in [1.54, 1.807) is 0 Å². The van der Waals surface area contributed by atoms with E-state index in [1.807, 2.05) is 31.2 Å². The standard InChI is InChI=1S/C29H34F2O3/c1-28-15-14-24-23-12-10-22(34-18-19-6-4-3-5-7-19)16-20(23)8-11-25(24)27(28)21(17-29(28,30)31)9-13-26(32)33-2/h3-7,10,12,16,21,24-25,27H,8-9,11,13-15,17-18H2,1-2H3/t21-,24?,25?,27?,28+/m1/s1. The Balaban J connectivity index is 1.36. The Hall–Kier alpha value is -2.43. The van der Waals surface area contributed by atoms with Crippen molar-refractivity contribution in [2.45, 2.75) is 70.3 Å². The molecule has 5 rings (SSSR count). The summed E-state index contributed by atoms with van der Waals surface area (Å²) in [5, 5.41) is 0. The molecule has 3 unspecified atom stereocenters. The van der Waals surface area contributed by atoms with Crippen molar-refractivity contribution in [2.75, 3.05) is 7.11 Å². The van der Waals surface area contributed by atoms with E-state index < -0.39 is 11.3 Å². The van der Waals surface area contributed by atoms with Gasteiger partial charge in [0.25, 0.3) is 5.92 Å². The highest BCUT2D eigenvalue weighted by molar-refractivity contribution is 5.69. The van der Waals surface area contributed by atoms with E-state index in [-0.39, 0.29) is 36.6 Å². The van der Waals surface area contributed by atoms with Crippen LogP contribution in [0.5, 0.6) is 5.75 Å². The summed E-state index contributed by atoms with van der Waals surface area (Å²) < 4.78 is 41.5. The fourth-order valence-corrected chi connectivity index (χ4v) is 7.31. The normalized spacial score (nSPS) is 31.2. The topological polar surface area (TPSA) is 35.5 Å². The molecule has 3 aliphatic rings. The first kappa shape index (κ1) is 23.3. The smallest absolute Gasteiger partial charge is 0.305 e. The molecule has 5 heteroatoms. The predicted molar refractivity (Wildman–Crippen MR) is 127 cm³/mol. The maximum Gasteiger partial charge on any atom is 0.305 e. The minimum Gasteiger partial charge on any atom is -0.489 e. The van der Waals surface area contributed by atoms with Gasteiger partial charge in [0.05, 0.1) is 7.11 Å². The molecule has 34 heavy (non-hydrogen) atoms. The molecule has 0 aliphatic heterocycles. The van der Waals surface area contributed by atoms with Gasteiger partial charge in [0.1, 0.15) is 12.4 Å². The summed E-state index contributed by atoms with van der Waals surface area (Å²) in [6.45, 7) is 2.34. The molecule has 0 radical (unpaired) electrons. The Kier molecular flexibility index (Phi) is 6.16. The van der Waals surface area contributed by atoms with Crippen molar-refractivity contribution < 1.29 is 23.0 Å². The summed E-state index contributed by atoms with van der Waals surface area (Å²) in [5.41, 5.74) is 2.76. The van der Waals surface area contributed by atoms with Crippen molar-refractivity contribution in [3.05, 3.63) is 65.2 Å². The van der Waals surface area contributed by atoms with Crippen molar-refractivity contribution in [1.82, 2.24) is 0 Å². The number of alkyl halides is 2. The summed E-state index contributed by atoms with van der Waals surface area (Å²) in [6.07, 6.45) is 3.75. The molecular formula is C29H34F2O3. The SMILES string of the molecule is COC(=O)CC[C@@H]1CC(F)(F)[C@@]2(C)CCC3c4ccc(OCc5ccccc5)cc4CCC3C12. The summed E-state index contributed by atoms with van der Waals surface area (Å²) in [5.74, 6) is -1.78. The van der Waals surface area contributed by atoms with Crippen molar-refractivity contribution in [2.24, 2.45) is 23.2 Å². The van der Waals surface area contributed by atoms with Gasteiger partial charge in [-0.15, -0.1) is 0 Å². The minimum atomic E-state index is -2.68. The Bertz CT molecular complexity index is 1040. The van der Waals surface area contributed by atoms with E-state index >= 15 is 8.78 Å². The Morgan fingerprint density at radius 1 is 1.12 bits per heavy atom. The van der Waals surface area contributed by atoms with Gasteiger partial charge in [0, 0.05) is 18.3 Å². The number of aryl methyl sites for hydroxylation is 1. The van der Waals surface area contributed by atoms with Crippen LogP contribution in [0, 0.1) is 23.2 Å². The van der Waals surface area contributed by atoms with Gasteiger partial charge in [0.2, 0.25) is 0 Å². The number of halogens is 2. The van der Waals surface area contributed by atoms with Crippen LogP contribution in [0.25, 0.3) is 0 Å². The van der Waals surface area contributed by atoms with Gasteiger partial charge in [0.15, 0.2) is 0 Å². The number of hydrogen-bond acceptors (Lipinski definition) is 3. The Labute approximate surface area is 200 Å². The summed E-state index contributed by atoms with van der Waals surface area (Å²) in [7, 11) is 1.36. The number of benzene rings is 2. The van der Waals surface area contributed by atoms with E-state index in [4.69, 9.17) is 9.47 Å². The monoisotopic (exact) mass is 468 g/mol. The lowest BCUT2D eigenvalue weighted by atomic mass is 9.53. The van der Waals surface area contributed by atoms with Crippen LogP contribution in [0.3, 0.4) is 0 Å². The molecule has 3 nitrogen and oxygen atoms in total. The third kappa shape index (κ3) is 4.01. The summed E-state index contributed by atoms with van der Waals surface area (Å²) in [6, 6.07) is 16.5. The molecular weight excluding hydrogens is 434 g/mol. The molecule has 0 aromatic heterocycles. The first-order valence-corrected chi connectivity index (χ1v) is 12.6. The molecule has 182 valence electrons. The van der Waals surface area contributed by atoms with Crippen LogP contribution < -0.4 is 4.74 Å². The zero-order chi connectivity index (χ0) is 23.9. The van der Waals surface area contributed by atoms with Crippen LogP contribution in [-0.2, 0) is 22.6 Å². The Morgan fingerprint density at radius 2 is 1.91 bits per heavy atom. The fraction of sp³-hybridized carbons (Fsp3) is 0.552. The van der Waals surface area contributed by atoms with E-state index in [9.17, 15) is 4.79 Å². The molecule has 0 spiro atoms. The lowest BCUT2D eigenvalue weighted by Gasteiger charge is -2.51. The summed E-state index contributed by atoms with van der Waals surface area (Å²) >= 11 is 0. The number of esters is 1. The molecule has 2 aromatic carbocycles. The van der Waals surface area contributed by atoms with Crippen LogP contribution in [0.15, 0.2) is 48.5 Å². The molecule has 2 saturated carbocycles. The van der Waals surface area contributed by atoms with Crippen LogP contribution in [0.4, 0.5) is 8.78 Å². The van der Waals surface area contributed by atoms with Crippen molar-refractivity contribution in [3.8, 4) is 5.75 Å². The Morgan fingerprint density at radius 3 is 2.68 bits per heavy atom. The first-order valence-electron chi connectivity index (χ1n) is 12.6. The number of hydrogen-bond donors (Lipinski definition) is 0. The maximum absolute atomic E-state index is 15.3. The molecule has 0 N–H and O–H groups in total. The van der Waals surface area contributed by atoms with Crippen molar-refractivity contribution >= 4 is 5.97 Å². The van der Waals surface area contributed by atoms with Gasteiger partial charge in [-0.25, -0.2) is 8.78 Å². The van der Waals surface area contributed by atoms with Gasteiger partial charge < -0.3 is 9.47 Å². The van der Waals surface area contributed by atoms with E-state index in [0.717, 1.165) is 30.6 Å². The third-order valence-electron chi connectivity index (χ3n) is 9.01. The van der Waals surface area contributed by atoms with Crippen molar-refractivity contribution in [3.63, 3.8) is 0 Å². The van der Waals surface area contributed by atoms with Gasteiger partial charge in [-0.05, 0) is 84.6 Å². The molecule has 2 aromatic rings. The second kappa shape index (κ2) is 8.98. The molecule has 0 amide bonds. The van der Waals surface area contributed by atoms with E-state index in [2.05, 4.69) is 24.3 Å². The molecule has 0 bridgehead atoms. The average molecular weight is 469 g/mol. The lowest BCUT2D eigenvalue weighted by molar-refractivity contribution is -0.141. The van der Waals surface area contributed by atoms with Crippen molar-refractivity contribution in [1.29, 1.82) is 0 Å². The maximum atomic E-state index is 15.3. The lowest BCUT2D eigenvalue weighted by Crippen LogP contribution is -2.47. The first-order chi connectivity index (χ1) is 16.3. The summed E-state index contributed by atoms with van der Waals surface area (Å²) in [4.78, 5) is 11.8. The number of carbonyl (C=O) groups is 1. The number of ether oxygens (including phenoxy) is 2. The van der Waals surface area contributed by atoms with E-state index in [0.29, 0.717) is 25.4 Å². The minimum absolute atomic E-state index is 0.0620. The second-order valence-electron chi connectivity index (χ2n) is 10.7. The van der Waals surface area contributed by atoms with Crippen LogP contribution in [-0.4, -0.2) is 19.0 Å². The highest BCUT2D eigenvalue weighted by atomic mass is 19.3. The molecule has 5 atom stereocenters. The van der Waals surface area contributed by atoms with Crippen LogP contribution >= 0.6 is 0 Å². The van der Waals surface area contributed by atoms with Crippen LogP contribution in [0.2, 0.25) is 0 Å². The average Bonchev–Trinajstić information content (AvgIpc) is 3.06. The highest BCUT2D eigenvalue weighted by Gasteiger charge is 2.67. The predicted octanol–water partition coefficient (Wildman–Crippen LogP) is 6.94. The second-order valence-corrected chi connectivity index (χ2v) is 10.7. The van der Waals surface area contributed by atoms with Gasteiger partial charge >= 0.3 is 5.97 Å². The quantitative estimate of drug-likeness (QED) is 0.431. The number of fused-ring (bicyclic) bond motifs is 5. The zero-order valence-corrected chi connectivity index (χ0v) is 20.1. The zero-order valence-electron chi connectivity index (χ0n) is 20.1. The van der Waals surface area contributed by atoms with E-state index in [1.165, 1.54) is 18.2 Å².